The maximum Gasteiger partial charge on any atom is 0.0132 e. The summed E-state index contributed by atoms with van der Waals surface area (Å²) in [6.45, 7) is 4.65. The Kier molecular flexibility index (Phi) is 6.74. The maximum atomic E-state index is 3.82. The summed E-state index contributed by atoms with van der Waals surface area (Å²) in [6.07, 6.45) is 10.8. The van der Waals surface area contributed by atoms with Crippen molar-refractivity contribution in [3.05, 3.63) is 0 Å². The minimum absolute atomic E-state index is 0.673. The lowest BCUT2D eigenvalue weighted by atomic mass is 9.82. The first-order chi connectivity index (χ1) is 7.27. The highest BCUT2D eigenvalue weighted by Crippen LogP contribution is 2.27. The van der Waals surface area contributed by atoms with Crippen LogP contribution in [0.15, 0.2) is 0 Å². The molecule has 1 N–H and O–H groups in total. The summed E-state index contributed by atoms with van der Waals surface area (Å²) in [6, 6.07) is 1.44. The van der Waals surface area contributed by atoms with E-state index in [4.69, 9.17) is 0 Å². The van der Waals surface area contributed by atoms with Crippen molar-refractivity contribution in [2.24, 2.45) is 5.92 Å². The molecule has 0 aliphatic heterocycles. The highest BCUT2D eigenvalue weighted by Gasteiger charge is 2.22. The van der Waals surface area contributed by atoms with Crippen molar-refractivity contribution in [3.8, 4) is 0 Å². The van der Waals surface area contributed by atoms with Crippen LogP contribution in [-0.2, 0) is 0 Å². The van der Waals surface area contributed by atoms with Crippen molar-refractivity contribution in [3.63, 3.8) is 0 Å². The zero-order valence-electron chi connectivity index (χ0n) is 10.6. The molecule has 0 spiro atoms. The van der Waals surface area contributed by atoms with Gasteiger partial charge in [-0.15, -0.1) is 0 Å². The van der Waals surface area contributed by atoms with Gasteiger partial charge in [-0.1, -0.05) is 26.2 Å². The summed E-state index contributed by atoms with van der Waals surface area (Å²) in [5, 5.41) is 3.82. The number of hydrogen-bond donors (Lipinski definition) is 1. The Morgan fingerprint density at radius 1 is 1.27 bits per heavy atom. The van der Waals surface area contributed by atoms with E-state index in [1.54, 1.807) is 0 Å². The smallest absolute Gasteiger partial charge is 0.0132 e. The van der Waals surface area contributed by atoms with Gasteiger partial charge in [0.05, 0.1) is 0 Å². The van der Waals surface area contributed by atoms with E-state index >= 15 is 0 Å². The van der Waals surface area contributed by atoms with Crippen LogP contribution >= 0.6 is 11.8 Å². The molecule has 0 heterocycles. The van der Waals surface area contributed by atoms with E-state index in [0.29, 0.717) is 6.04 Å². The fourth-order valence-electron chi connectivity index (χ4n) is 2.79. The van der Waals surface area contributed by atoms with Crippen LogP contribution in [-0.4, -0.2) is 24.1 Å². The summed E-state index contributed by atoms with van der Waals surface area (Å²) >= 11 is 1.95. The summed E-state index contributed by atoms with van der Waals surface area (Å²) in [7, 11) is 0. The van der Waals surface area contributed by atoms with Gasteiger partial charge in [-0.2, -0.15) is 11.8 Å². The molecule has 0 radical (unpaired) electrons. The molecular weight excluding hydrogens is 202 g/mol. The minimum atomic E-state index is 0.673. The van der Waals surface area contributed by atoms with Crippen LogP contribution in [0.3, 0.4) is 0 Å². The molecule has 0 saturated heterocycles. The lowest BCUT2D eigenvalue weighted by Crippen LogP contribution is -2.42. The number of nitrogens with one attached hydrogen (secondary N) is 1. The molecule has 90 valence electrons. The Morgan fingerprint density at radius 3 is 2.47 bits per heavy atom. The quantitative estimate of drug-likeness (QED) is 0.745. The van der Waals surface area contributed by atoms with Crippen LogP contribution < -0.4 is 5.32 Å². The SMILES string of the molecule is CCC(NC(C)CSC)C1CCCCC1. The molecule has 15 heavy (non-hydrogen) atoms. The summed E-state index contributed by atoms with van der Waals surface area (Å²) < 4.78 is 0. The first kappa shape index (κ1) is 13.4. The zero-order chi connectivity index (χ0) is 11.1. The molecule has 2 heteroatoms. The van der Waals surface area contributed by atoms with Gasteiger partial charge in [0.1, 0.15) is 0 Å². The first-order valence-corrected chi connectivity index (χ1v) is 7.92. The normalized spacial score (nSPS) is 22.6. The number of thioether (sulfide) groups is 1. The minimum Gasteiger partial charge on any atom is -0.310 e. The molecule has 2 unspecified atom stereocenters. The zero-order valence-corrected chi connectivity index (χ0v) is 11.4. The molecule has 0 bridgehead atoms. The highest BCUT2D eigenvalue weighted by atomic mass is 32.2. The third-order valence-electron chi connectivity index (χ3n) is 3.57. The van der Waals surface area contributed by atoms with Gasteiger partial charge in [-0.3, -0.25) is 0 Å². The van der Waals surface area contributed by atoms with Gasteiger partial charge in [0.25, 0.3) is 0 Å². The first-order valence-electron chi connectivity index (χ1n) is 6.53. The second-order valence-corrected chi connectivity index (χ2v) is 5.85. The standard InChI is InChI=1S/C13H27NS/c1-4-13(14-11(2)10-15-3)12-8-6-5-7-9-12/h11-14H,4-10H2,1-3H3. The molecule has 0 aromatic heterocycles. The van der Waals surface area contributed by atoms with Crippen molar-refractivity contribution in [1.82, 2.24) is 5.32 Å². The van der Waals surface area contributed by atoms with Crippen LogP contribution in [0.5, 0.6) is 0 Å². The van der Waals surface area contributed by atoms with Gasteiger partial charge in [0, 0.05) is 17.8 Å². The highest BCUT2D eigenvalue weighted by molar-refractivity contribution is 7.98. The van der Waals surface area contributed by atoms with Crippen molar-refractivity contribution >= 4 is 11.8 Å². The van der Waals surface area contributed by atoms with Crippen LogP contribution in [0.4, 0.5) is 0 Å². The molecule has 0 aromatic carbocycles. The second-order valence-electron chi connectivity index (χ2n) is 4.94. The Bertz CT molecular complexity index is 155. The van der Waals surface area contributed by atoms with Crippen LogP contribution in [0.25, 0.3) is 0 Å². The predicted octanol–water partition coefficient (Wildman–Crippen LogP) is 3.69. The van der Waals surface area contributed by atoms with Crippen molar-refractivity contribution < 1.29 is 0 Å². The van der Waals surface area contributed by atoms with E-state index in [2.05, 4.69) is 25.4 Å². The fraction of sp³-hybridized carbons (Fsp3) is 1.00. The van der Waals surface area contributed by atoms with Gasteiger partial charge in [-0.25, -0.2) is 0 Å². The maximum absolute atomic E-state index is 3.82. The summed E-state index contributed by atoms with van der Waals surface area (Å²) in [5.74, 6) is 2.19. The second kappa shape index (κ2) is 7.56. The number of hydrogen-bond acceptors (Lipinski definition) is 2. The van der Waals surface area contributed by atoms with Gasteiger partial charge in [-0.05, 0) is 38.4 Å². The summed E-state index contributed by atoms with van der Waals surface area (Å²) in [5.41, 5.74) is 0. The molecule has 2 atom stereocenters. The van der Waals surface area contributed by atoms with E-state index < -0.39 is 0 Å². The number of rotatable bonds is 6. The van der Waals surface area contributed by atoms with Gasteiger partial charge >= 0.3 is 0 Å². The molecule has 1 saturated carbocycles. The van der Waals surface area contributed by atoms with Crippen LogP contribution in [0.1, 0.15) is 52.4 Å². The molecular formula is C13H27NS. The predicted molar refractivity (Wildman–Crippen MR) is 71.6 cm³/mol. The van der Waals surface area contributed by atoms with Crippen LogP contribution in [0, 0.1) is 5.92 Å². The van der Waals surface area contributed by atoms with Crippen molar-refractivity contribution in [2.75, 3.05) is 12.0 Å². The lowest BCUT2D eigenvalue weighted by molar-refractivity contribution is 0.253. The fourth-order valence-corrected chi connectivity index (χ4v) is 3.38. The molecule has 0 aromatic rings. The third-order valence-corrected chi connectivity index (χ3v) is 4.41. The molecule has 1 aliphatic carbocycles. The average molecular weight is 229 g/mol. The topological polar surface area (TPSA) is 12.0 Å². The van der Waals surface area contributed by atoms with E-state index in [1.807, 2.05) is 11.8 Å². The van der Waals surface area contributed by atoms with Gasteiger partial charge in [0.15, 0.2) is 0 Å². The van der Waals surface area contributed by atoms with E-state index in [0.717, 1.165) is 12.0 Å². The molecule has 0 amide bonds. The average Bonchev–Trinajstić information content (AvgIpc) is 2.27. The summed E-state index contributed by atoms with van der Waals surface area (Å²) in [4.78, 5) is 0. The van der Waals surface area contributed by atoms with Crippen molar-refractivity contribution in [2.45, 2.75) is 64.5 Å². The monoisotopic (exact) mass is 229 g/mol. The lowest BCUT2D eigenvalue weighted by Gasteiger charge is -2.32. The van der Waals surface area contributed by atoms with E-state index in [1.165, 1.54) is 44.3 Å². The Balaban J connectivity index is 2.32. The molecule has 1 nitrogen and oxygen atoms in total. The van der Waals surface area contributed by atoms with Gasteiger partial charge < -0.3 is 5.32 Å². The Morgan fingerprint density at radius 2 is 1.93 bits per heavy atom. The van der Waals surface area contributed by atoms with E-state index in [9.17, 15) is 0 Å². The Labute approximate surface area is 99.8 Å². The molecule has 1 rings (SSSR count). The molecule has 1 aliphatic rings. The van der Waals surface area contributed by atoms with Crippen molar-refractivity contribution in [1.29, 1.82) is 0 Å². The largest absolute Gasteiger partial charge is 0.310 e. The third kappa shape index (κ3) is 4.78. The van der Waals surface area contributed by atoms with Crippen LogP contribution in [0.2, 0.25) is 0 Å². The Hall–Kier alpha value is 0.310. The van der Waals surface area contributed by atoms with E-state index in [-0.39, 0.29) is 0 Å². The molecule has 1 fully saturated rings. The van der Waals surface area contributed by atoms with Gasteiger partial charge in [0.2, 0.25) is 0 Å².